The fourth-order valence-electron chi connectivity index (χ4n) is 1.78. The van der Waals surface area contributed by atoms with Gasteiger partial charge in [0.25, 0.3) is 0 Å². The van der Waals surface area contributed by atoms with Gasteiger partial charge in [0.1, 0.15) is 0 Å². The van der Waals surface area contributed by atoms with Crippen molar-refractivity contribution in [2.24, 2.45) is 0 Å². The van der Waals surface area contributed by atoms with Crippen molar-refractivity contribution in [1.82, 2.24) is 10.2 Å². The summed E-state index contributed by atoms with van der Waals surface area (Å²) in [7, 11) is 4.07. The van der Waals surface area contributed by atoms with E-state index in [0.717, 1.165) is 25.9 Å². The fraction of sp³-hybridized carbons (Fsp3) is 0.929. The number of carbonyl (C=O) groups is 1. The van der Waals surface area contributed by atoms with E-state index in [9.17, 15) is 4.79 Å². The Morgan fingerprint density at radius 3 is 2.29 bits per heavy atom. The Labute approximate surface area is 107 Å². The number of hydrogen-bond acceptors (Lipinski definition) is 2. The first-order valence-corrected chi connectivity index (χ1v) is 7.08. The Morgan fingerprint density at radius 2 is 1.65 bits per heavy atom. The van der Waals surface area contributed by atoms with Crippen LogP contribution in [-0.4, -0.2) is 38.0 Å². The summed E-state index contributed by atoms with van der Waals surface area (Å²) in [5.41, 5.74) is 0. The van der Waals surface area contributed by atoms with Crippen LogP contribution in [0.2, 0.25) is 0 Å². The van der Waals surface area contributed by atoms with Crippen LogP contribution in [0.25, 0.3) is 0 Å². The van der Waals surface area contributed by atoms with Crippen LogP contribution in [-0.2, 0) is 4.79 Å². The summed E-state index contributed by atoms with van der Waals surface area (Å²) in [6.45, 7) is 4.07. The highest BCUT2D eigenvalue weighted by Crippen LogP contribution is 2.04. The molecule has 0 aromatic carbocycles. The Kier molecular flexibility index (Phi) is 11.5. The van der Waals surface area contributed by atoms with Gasteiger partial charge in [0, 0.05) is 13.0 Å². The lowest BCUT2D eigenvalue weighted by molar-refractivity contribution is -0.121. The Bertz CT molecular complexity index is 181. The largest absolute Gasteiger partial charge is 0.356 e. The summed E-state index contributed by atoms with van der Waals surface area (Å²) in [5, 5.41) is 2.99. The summed E-state index contributed by atoms with van der Waals surface area (Å²) in [4.78, 5) is 13.5. The van der Waals surface area contributed by atoms with Crippen LogP contribution < -0.4 is 5.32 Å². The van der Waals surface area contributed by atoms with E-state index in [-0.39, 0.29) is 5.91 Å². The van der Waals surface area contributed by atoms with Gasteiger partial charge in [0.15, 0.2) is 0 Å². The van der Waals surface area contributed by atoms with E-state index >= 15 is 0 Å². The molecule has 1 N–H and O–H groups in total. The van der Waals surface area contributed by atoms with Crippen molar-refractivity contribution in [3.63, 3.8) is 0 Å². The number of nitrogens with zero attached hydrogens (tertiary/aromatic N) is 1. The first kappa shape index (κ1) is 16.4. The molecule has 0 atom stereocenters. The highest BCUT2D eigenvalue weighted by Gasteiger charge is 2.00. The Balaban J connectivity index is 3.16. The van der Waals surface area contributed by atoms with Crippen LogP contribution in [0.15, 0.2) is 0 Å². The molecule has 0 aliphatic carbocycles. The highest BCUT2D eigenvalue weighted by atomic mass is 16.1. The standard InChI is InChI=1S/C14H30N2O/c1-4-5-6-7-8-9-12-15-14(17)11-10-13-16(2)3/h4-13H2,1-3H3,(H,15,17). The maximum Gasteiger partial charge on any atom is 0.220 e. The minimum Gasteiger partial charge on any atom is -0.356 e. The average molecular weight is 242 g/mol. The van der Waals surface area contributed by atoms with Crippen molar-refractivity contribution in [3.8, 4) is 0 Å². The summed E-state index contributed by atoms with van der Waals surface area (Å²) in [5.74, 6) is 0.209. The van der Waals surface area contributed by atoms with Crippen LogP contribution in [0.4, 0.5) is 0 Å². The molecule has 0 saturated carbocycles. The molecule has 0 fully saturated rings. The number of nitrogens with one attached hydrogen (secondary N) is 1. The van der Waals surface area contributed by atoms with Gasteiger partial charge >= 0.3 is 0 Å². The molecule has 3 heteroatoms. The van der Waals surface area contributed by atoms with Gasteiger partial charge in [0.2, 0.25) is 5.91 Å². The Hall–Kier alpha value is -0.570. The van der Waals surface area contributed by atoms with Gasteiger partial charge in [-0.25, -0.2) is 0 Å². The van der Waals surface area contributed by atoms with Crippen molar-refractivity contribution in [2.75, 3.05) is 27.2 Å². The van der Waals surface area contributed by atoms with E-state index in [1.807, 2.05) is 14.1 Å². The van der Waals surface area contributed by atoms with Crippen LogP contribution in [0, 0.1) is 0 Å². The monoisotopic (exact) mass is 242 g/mol. The number of rotatable bonds is 11. The zero-order valence-corrected chi connectivity index (χ0v) is 11.9. The van der Waals surface area contributed by atoms with Crippen molar-refractivity contribution in [1.29, 1.82) is 0 Å². The normalized spacial score (nSPS) is 10.8. The number of carbonyl (C=O) groups excluding carboxylic acids is 1. The molecule has 0 aromatic rings. The minimum absolute atomic E-state index is 0.209. The molecule has 0 bridgehead atoms. The molecule has 0 saturated heterocycles. The van der Waals surface area contributed by atoms with Crippen molar-refractivity contribution in [3.05, 3.63) is 0 Å². The van der Waals surface area contributed by atoms with Gasteiger partial charge in [0.05, 0.1) is 0 Å². The van der Waals surface area contributed by atoms with E-state index in [0.29, 0.717) is 6.42 Å². The molecular formula is C14H30N2O. The zero-order valence-electron chi connectivity index (χ0n) is 11.9. The van der Waals surface area contributed by atoms with Crippen molar-refractivity contribution < 1.29 is 4.79 Å². The zero-order chi connectivity index (χ0) is 12.9. The summed E-state index contributed by atoms with van der Waals surface area (Å²) < 4.78 is 0. The van der Waals surface area contributed by atoms with Crippen molar-refractivity contribution in [2.45, 2.75) is 58.3 Å². The molecule has 0 aliphatic heterocycles. The molecule has 3 nitrogen and oxygen atoms in total. The van der Waals surface area contributed by atoms with Crippen LogP contribution in [0.3, 0.4) is 0 Å². The highest BCUT2D eigenvalue weighted by molar-refractivity contribution is 5.75. The summed E-state index contributed by atoms with van der Waals surface area (Å²) in [6, 6.07) is 0. The molecule has 0 radical (unpaired) electrons. The third kappa shape index (κ3) is 13.4. The molecule has 17 heavy (non-hydrogen) atoms. The van der Waals surface area contributed by atoms with E-state index in [4.69, 9.17) is 0 Å². The molecule has 1 amide bonds. The van der Waals surface area contributed by atoms with Gasteiger partial charge in [-0.05, 0) is 33.5 Å². The predicted octanol–water partition coefficient (Wildman–Crippen LogP) is 2.80. The van der Waals surface area contributed by atoms with Crippen molar-refractivity contribution >= 4 is 5.91 Å². The summed E-state index contributed by atoms with van der Waals surface area (Å²) in [6.07, 6.45) is 9.28. The molecule has 0 aliphatic rings. The number of hydrogen-bond donors (Lipinski definition) is 1. The molecule has 102 valence electrons. The molecule has 0 heterocycles. The SMILES string of the molecule is CCCCCCCCNC(=O)CCCN(C)C. The predicted molar refractivity (Wildman–Crippen MR) is 74.2 cm³/mol. The topological polar surface area (TPSA) is 32.3 Å². The first-order valence-electron chi connectivity index (χ1n) is 7.08. The number of amides is 1. The fourth-order valence-corrected chi connectivity index (χ4v) is 1.78. The van der Waals surface area contributed by atoms with E-state index in [1.54, 1.807) is 0 Å². The third-order valence-corrected chi connectivity index (χ3v) is 2.86. The second kappa shape index (κ2) is 11.9. The van der Waals surface area contributed by atoms with Gasteiger partial charge in [-0.2, -0.15) is 0 Å². The first-order chi connectivity index (χ1) is 8.16. The van der Waals surface area contributed by atoms with Gasteiger partial charge < -0.3 is 10.2 Å². The molecule has 0 aromatic heterocycles. The number of unbranched alkanes of at least 4 members (excludes halogenated alkanes) is 5. The van der Waals surface area contributed by atoms with Gasteiger partial charge in [-0.3, -0.25) is 4.79 Å². The smallest absolute Gasteiger partial charge is 0.220 e. The molecule has 0 unspecified atom stereocenters. The minimum atomic E-state index is 0.209. The Morgan fingerprint density at radius 1 is 1.00 bits per heavy atom. The second-order valence-corrected chi connectivity index (χ2v) is 5.02. The van der Waals surface area contributed by atoms with Crippen LogP contribution in [0.1, 0.15) is 58.3 Å². The third-order valence-electron chi connectivity index (χ3n) is 2.86. The quantitative estimate of drug-likeness (QED) is 0.565. The van der Waals surface area contributed by atoms with Crippen LogP contribution >= 0.6 is 0 Å². The molecule has 0 spiro atoms. The van der Waals surface area contributed by atoms with E-state index < -0.39 is 0 Å². The van der Waals surface area contributed by atoms with Crippen LogP contribution in [0.5, 0.6) is 0 Å². The lowest BCUT2D eigenvalue weighted by Crippen LogP contribution is -2.25. The van der Waals surface area contributed by atoms with E-state index in [1.165, 1.54) is 32.1 Å². The maximum atomic E-state index is 11.4. The lowest BCUT2D eigenvalue weighted by atomic mass is 10.1. The average Bonchev–Trinajstić information content (AvgIpc) is 2.27. The maximum absolute atomic E-state index is 11.4. The van der Waals surface area contributed by atoms with Gasteiger partial charge in [-0.15, -0.1) is 0 Å². The van der Waals surface area contributed by atoms with Gasteiger partial charge in [-0.1, -0.05) is 39.0 Å². The second-order valence-electron chi connectivity index (χ2n) is 5.02. The molecular weight excluding hydrogens is 212 g/mol. The van der Waals surface area contributed by atoms with E-state index in [2.05, 4.69) is 17.1 Å². The molecule has 0 rings (SSSR count). The lowest BCUT2D eigenvalue weighted by Gasteiger charge is -2.09. The summed E-state index contributed by atoms with van der Waals surface area (Å²) >= 11 is 0.